The summed E-state index contributed by atoms with van der Waals surface area (Å²) in [5, 5.41) is 0. The molecule has 0 fully saturated rings. The minimum atomic E-state index is -3.23. The maximum absolute atomic E-state index is 11.9. The normalized spacial score (nSPS) is 13.9. The summed E-state index contributed by atoms with van der Waals surface area (Å²) in [6.07, 6.45) is 3.37. The van der Waals surface area contributed by atoms with Gasteiger partial charge < -0.3 is 9.05 Å². The molecule has 5 heteroatoms. The lowest BCUT2D eigenvalue weighted by molar-refractivity contribution is -0.118. The van der Waals surface area contributed by atoms with E-state index >= 15 is 0 Å². The van der Waals surface area contributed by atoms with E-state index in [9.17, 15) is 9.36 Å². The Kier molecular flexibility index (Phi) is 7.07. The monoisotopic (exact) mass is 236 g/mol. The van der Waals surface area contributed by atoms with E-state index in [0.717, 1.165) is 19.3 Å². The minimum Gasteiger partial charge on any atom is -0.311 e. The number of Topliss-reactive ketones (excluding diaryl/α,β-unsaturated/α-hetero) is 1. The van der Waals surface area contributed by atoms with Gasteiger partial charge in [0.05, 0.1) is 0 Å². The third kappa shape index (κ3) is 4.45. The summed E-state index contributed by atoms with van der Waals surface area (Å²) in [7, 11) is -0.615. The van der Waals surface area contributed by atoms with Crippen LogP contribution in [0.1, 0.15) is 39.5 Å². The molecule has 0 saturated carbocycles. The lowest BCUT2D eigenvalue weighted by Crippen LogP contribution is -2.18. The molecule has 0 aromatic rings. The maximum Gasteiger partial charge on any atom is 0.340 e. The van der Waals surface area contributed by atoms with E-state index in [1.54, 1.807) is 6.92 Å². The van der Waals surface area contributed by atoms with Crippen LogP contribution in [0.2, 0.25) is 0 Å². The molecule has 0 saturated heterocycles. The third-order valence-electron chi connectivity index (χ3n) is 2.48. The molecule has 0 heterocycles. The Bertz CT molecular complexity index is 232. The van der Waals surface area contributed by atoms with Crippen molar-refractivity contribution < 1.29 is 18.4 Å². The first-order valence-corrected chi connectivity index (χ1v) is 6.87. The molecule has 0 aromatic carbocycles. The van der Waals surface area contributed by atoms with E-state index in [2.05, 4.69) is 6.92 Å². The second kappa shape index (κ2) is 7.15. The molecule has 0 aliphatic carbocycles. The van der Waals surface area contributed by atoms with Crippen LogP contribution >= 0.6 is 7.60 Å². The lowest BCUT2D eigenvalue weighted by atomic mass is 10.1. The first-order valence-electron chi connectivity index (χ1n) is 5.25. The molecule has 0 aromatic heterocycles. The molecule has 0 spiro atoms. The fraction of sp³-hybridized carbons (Fsp3) is 0.900. The molecule has 90 valence electrons. The fourth-order valence-corrected chi connectivity index (χ4v) is 2.59. The number of carbonyl (C=O) groups is 1. The molecular weight excluding hydrogens is 215 g/mol. The number of rotatable bonds is 8. The summed E-state index contributed by atoms with van der Waals surface area (Å²) in [6.45, 7) is 3.67. The van der Waals surface area contributed by atoms with Crippen molar-refractivity contribution in [3.05, 3.63) is 0 Å². The predicted octanol–water partition coefficient (Wildman–Crippen LogP) is 3.01. The van der Waals surface area contributed by atoms with Crippen molar-refractivity contribution in [1.29, 1.82) is 0 Å². The SMILES string of the molecule is CCCCCC(=O)[C@H](C)P(=O)(OC)OC. The van der Waals surface area contributed by atoms with Gasteiger partial charge in [-0.25, -0.2) is 0 Å². The fourth-order valence-electron chi connectivity index (χ4n) is 1.33. The van der Waals surface area contributed by atoms with Crippen LogP contribution in [0.15, 0.2) is 0 Å². The Morgan fingerprint density at radius 1 is 1.27 bits per heavy atom. The zero-order valence-electron chi connectivity index (χ0n) is 9.99. The van der Waals surface area contributed by atoms with Crippen LogP contribution in [0, 0.1) is 0 Å². The van der Waals surface area contributed by atoms with Crippen LogP contribution in [0.5, 0.6) is 0 Å². The smallest absolute Gasteiger partial charge is 0.311 e. The second-order valence-corrected chi connectivity index (χ2v) is 6.09. The standard InChI is InChI=1S/C10H21O4P/c1-5-6-7-8-10(11)9(2)15(12,13-3)14-4/h9H,5-8H2,1-4H3/t9-/m0/s1. The molecule has 0 bridgehead atoms. The second-order valence-electron chi connectivity index (χ2n) is 3.50. The van der Waals surface area contributed by atoms with Crippen LogP contribution in [0.3, 0.4) is 0 Å². The summed E-state index contributed by atoms with van der Waals surface area (Å²) in [5.41, 5.74) is -0.663. The molecule has 4 nitrogen and oxygen atoms in total. The van der Waals surface area contributed by atoms with Crippen LogP contribution in [-0.4, -0.2) is 25.7 Å². The van der Waals surface area contributed by atoms with Gasteiger partial charge >= 0.3 is 7.60 Å². The molecular formula is C10H21O4P. The highest BCUT2D eigenvalue weighted by molar-refractivity contribution is 7.55. The van der Waals surface area contributed by atoms with Crippen molar-refractivity contribution in [2.24, 2.45) is 0 Å². The van der Waals surface area contributed by atoms with Gasteiger partial charge in [0.25, 0.3) is 0 Å². The lowest BCUT2D eigenvalue weighted by Gasteiger charge is -2.19. The summed E-state index contributed by atoms with van der Waals surface area (Å²) >= 11 is 0. The van der Waals surface area contributed by atoms with E-state index in [1.165, 1.54) is 14.2 Å². The zero-order chi connectivity index (χ0) is 11.9. The molecule has 0 rings (SSSR count). The molecule has 0 radical (unpaired) electrons. The van der Waals surface area contributed by atoms with E-state index in [4.69, 9.17) is 9.05 Å². The summed E-state index contributed by atoms with van der Waals surface area (Å²) < 4.78 is 21.4. The van der Waals surface area contributed by atoms with Crippen LogP contribution in [0.25, 0.3) is 0 Å². The van der Waals surface area contributed by atoms with Gasteiger partial charge in [-0.05, 0) is 13.3 Å². The molecule has 0 amide bonds. The highest BCUT2D eigenvalue weighted by atomic mass is 31.2. The predicted molar refractivity (Wildman–Crippen MR) is 60.2 cm³/mol. The molecule has 0 unspecified atom stereocenters. The van der Waals surface area contributed by atoms with Crippen LogP contribution in [0.4, 0.5) is 0 Å². The number of carbonyl (C=O) groups excluding carboxylic acids is 1. The summed E-state index contributed by atoms with van der Waals surface area (Å²) in [4.78, 5) is 11.7. The van der Waals surface area contributed by atoms with Crippen LogP contribution < -0.4 is 0 Å². The highest BCUT2D eigenvalue weighted by Crippen LogP contribution is 2.51. The van der Waals surface area contributed by atoms with E-state index in [0.29, 0.717) is 6.42 Å². The van der Waals surface area contributed by atoms with Crippen molar-refractivity contribution in [1.82, 2.24) is 0 Å². The highest BCUT2D eigenvalue weighted by Gasteiger charge is 2.34. The maximum atomic E-state index is 11.9. The van der Waals surface area contributed by atoms with Gasteiger partial charge in [-0.1, -0.05) is 19.8 Å². The van der Waals surface area contributed by atoms with Gasteiger partial charge in [-0.15, -0.1) is 0 Å². The first-order chi connectivity index (χ1) is 7.01. The van der Waals surface area contributed by atoms with Gasteiger partial charge in [0.1, 0.15) is 11.4 Å². The first kappa shape index (κ1) is 14.8. The summed E-state index contributed by atoms with van der Waals surface area (Å²) in [5.74, 6) is -0.0458. The Morgan fingerprint density at radius 3 is 2.20 bits per heavy atom. The number of hydrogen-bond acceptors (Lipinski definition) is 4. The topological polar surface area (TPSA) is 52.6 Å². The van der Waals surface area contributed by atoms with Gasteiger partial charge in [0.2, 0.25) is 0 Å². The average molecular weight is 236 g/mol. The number of hydrogen-bond donors (Lipinski definition) is 0. The summed E-state index contributed by atoms with van der Waals surface area (Å²) in [6, 6.07) is 0. The van der Waals surface area contributed by atoms with Gasteiger partial charge in [0, 0.05) is 20.6 Å². The third-order valence-corrected chi connectivity index (χ3v) is 4.73. The Balaban J connectivity index is 4.24. The quantitative estimate of drug-likeness (QED) is 0.480. The molecule has 0 aliphatic heterocycles. The van der Waals surface area contributed by atoms with Crippen molar-refractivity contribution in [3.63, 3.8) is 0 Å². The molecule has 0 N–H and O–H groups in total. The van der Waals surface area contributed by atoms with Gasteiger partial charge in [-0.2, -0.15) is 0 Å². The Labute approximate surface area is 91.9 Å². The van der Waals surface area contributed by atoms with E-state index in [1.807, 2.05) is 0 Å². The number of ketones is 1. The Hall–Kier alpha value is -0.180. The average Bonchev–Trinajstić information content (AvgIpc) is 2.27. The van der Waals surface area contributed by atoms with Crippen molar-refractivity contribution >= 4 is 13.4 Å². The zero-order valence-corrected chi connectivity index (χ0v) is 10.9. The molecule has 1 atom stereocenters. The number of unbranched alkanes of at least 4 members (excludes halogenated alkanes) is 2. The van der Waals surface area contributed by atoms with Gasteiger partial charge in [0.15, 0.2) is 0 Å². The van der Waals surface area contributed by atoms with Crippen LogP contribution in [-0.2, 0) is 18.4 Å². The molecule has 0 aliphatic rings. The largest absolute Gasteiger partial charge is 0.340 e. The van der Waals surface area contributed by atoms with Crippen molar-refractivity contribution in [3.8, 4) is 0 Å². The van der Waals surface area contributed by atoms with E-state index in [-0.39, 0.29) is 5.78 Å². The Morgan fingerprint density at radius 2 is 1.80 bits per heavy atom. The minimum absolute atomic E-state index is 0.0458. The molecule has 15 heavy (non-hydrogen) atoms. The van der Waals surface area contributed by atoms with Gasteiger partial charge in [-0.3, -0.25) is 9.36 Å². The van der Waals surface area contributed by atoms with Crippen molar-refractivity contribution in [2.75, 3.05) is 14.2 Å². The van der Waals surface area contributed by atoms with Crippen molar-refractivity contribution in [2.45, 2.75) is 45.2 Å². The van der Waals surface area contributed by atoms with E-state index < -0.39 is 13.3 Å².